The van der Waals surface area contributed by atoms with Crippen molar-refractivity contribution >= 4 is 54.8 Å². The first-order valence-corrected chi connectivity index (χ1v) is 9.91. The van der Waals surface area contributed by atoms with Crippen LogP contribution in [0.25, 0.3) is 0 Å². The average Bonchev–Trinajstić information content (AvgIpc) is 2.65. The first kappa shape index (κ1) is 20.3. The van der Waals surface area contributed by atoms with Crippen molar-refractivity contribution in [1.82, 2.24) is 0 Å². The van der Waals surface area contributed by atoms with Gasteiger partial charge in [-0.1, -0.05) is 24.3 Å². The van der Waals surface area contributed by atoms with E-state index in [0.717, 1.165) is 6.07 Å². The minimum Gasteiger partial charge on any atom is -0.382 e. The van der Waals surface area contributed by atoms with E-state index in [4.69, 9.17) is 16.4 Å². The third kappa shape index (κ3) is 3.42. The second kappa shape index (κ2) is 7.21. The summed E-state index contributed by atoms with van der Waals surface area (Å²) in [7, 11) is -4.88. The van der Waals surface area contributed by atoms with Crippen LogP contribution in [0.3, 0.4) is 0 Å². The van der Waals surface area contributed by atoms with Crippen LogP contribution in [0.15, 0.2) is 44.8 Å². The molecule has 0 saturated carbocycles. The summed E-state index contributed by atoms with van der Waals surface area (Å²) in [6, 6.07) is 8.42. The molecule has 0 heterocycles. The van der Waals surface area contributed by atoms with Gasteiger partial charge in [0.15, 0.2) is 17.4 Å². The molecule has 0 saturated heterocycles. The molecule has 10 nitrogen and oxygen atoms in total. The van der Waals surface area contributed by atoms with Crippen LogP contribution in [-0.4, -0.2) is 36.1 Å². The zero-order valence-corrected chi connectivity index (χ0v) is 16.6. The molecule has 0 aromatic heterocycles. The van der Waals surface area contributed by atoms with E-state index < -0.39 is 43.8 Å². The molecule has 0 unspecified atom stereocenters. The standard InChI is InChI=1S/C17H10BrN5O5S/c18-9-5-11(29(26,27)28)14(23-22-10(6-19)17(20)21)13-12(9)15(24)7-3-1-2-4-8(7)16(13)25/h1-5,23H,(H3,20,21)(H,26,27,28)/b22-10+. The Labute approximate surface area is 172 Å². The van der Waals surface area contributed by atoms with Gasteiger partial charge < -0.3 is 5.73 Å². The van der Waals surface area contributed by atoms with Gasteiger partial charge in [0.25, 0.3) is 10.1 Å². The van der Waals surface area contributed by atoms with Crippen LogP contribution in [0, 0.1) is 16.7 Å². The van der Waals surface area contributed by atoms with Gasteiger partial charge in [-0.3, -0.25) is 25.0 Å². The molecule has 0 bridgehead atoms. The van der Waals surface area contributed by atoms with Crippen molar-refractivity contribution in [3.8, 4) is 6.07 Å². The van der Waals surface area contributed by atoms with Crippen LogP contribution in [0.4, 0.5) is 5.69 Å². The lowest BCUT2D eigenvalue weighted by Gasteiger charge is -2.22. The van der Waals surface area contributed by atoms with Crippen molar-refractivity contribution in [3.63, 3.8) is 0 Å². The Morgan fingerprint density at radius 1 is 1.21 bits per heavy atom. The van der Waals surface area contributed by atoms with Gasteiger partial charge in [0.05, 0.1) is 16.8 Å². The van der Waals surface area contributed by atoms with Gasteiger partial charge in [-0.2, -0.15) is 18.8 Å². The number of anilines is 1. The monoisotopic (exact) mass is 475 g/mol. The number of nitrogens with one attached hydrogen (secondary N) is 2. The van der Waals surface area contributed by atoms with E-state index in [1.807, 2.05) is 0 Å². The number of benzene rings is 2. The highest BCUT2D eigenvalue weighted by molar-refractivity contribution is 9.10. The lowest BCUT2D eigenvalue weighted by atomic mass is 9.83. The highest BCUT2D eigenvalue weighted by atomic mass is 79.9. The summed E-state index contributed by atoms with van der Waals surface area (Å²) in [6.45, 7) is 0. The van der Waals surface area contributed by atoms with Gasteiger partial charge in [-0.05, 0) is 22.0 Å². The van der Waals surface area contributed by atoms with Crippen LogP contribution in [-0.2, 0) is 10.1 Å². The minimum atomic E-state index is -4.88. The number of rotatable bonds is 4. The molecule has 2 aromatic carbocycles. The number of hydrogen-bond acceptors (Lipinski definition) is 8. The zero-order valence-electron chi connectivity index (χ0n) is 14.2. The van der Waals surface area contributed by atoms with Crippen LogP contribution in [0.1, 0.15) is 31.8 Å². The molecule has 3 rings (SSSR count). The third-order valence-electron chi connectivity index (χ3n) is 4.03. The number of fused-ring (bicyclic) bond motifs is 2. The minimum absolute atomic E-state index is 0.0310. The molecule has 2 aromatic rings. The molecule has 0 fully saturated rings. The smallest absolute Gasteiger partial charge is 0.296 e. The molecule has 0 spiro atoms. The number of ketones is 2. The largest absolute Gasteiger partial charge is 0.382 e. The van der Waals surface area contributed by atoms with Gasteiger partial charge in [-0.25, -0.2) is 0 Å². The van der Waals surface area contributed by atoms with E-state index in [0.29, 0.717) is 0 Å². The molecule has 5 N–H and O–H groups in total. The molecule has 0 radical (unpaired) electrons. The van der Waals surface area contributed by atoms with E-state index in [1.54, 1.807) is 6.07 Å². The summed E-state index contributed by atoms with van der Waals surface area (Å²) in [6.07, 6.45) is 0. The molecular formula is C17H10BrN5O5S. The number of amidine groups is 1. The molecule has 12 heteroatoms. The summed E-state index contributed by atoms with van der Waals surface area (Å²) in [5.41, 5.74) is 5.94. The second-order valence-corrected chi connectivity index (χ2v) is 8.00. The first-order valence-electron chi connectivity index (χ1n) is 7.68. The Kier molecular flexibility index (Phi) is 5.05. The predicted octanol–water partition coefficient (Wildman–Crippen LogP) is 1.70. The Hall–Kier alpha value is -3.40. The molecular weight excluding hydrogens is 466 g/mol. The fourth-order valence-electron chi connectivity index (χ4n) is 2.80. The maximum Gasteiger partial charge on any atom is 0.296 e. The summed E-state index contributed by atoms with van der Waals surface area (Å²) in [4.78, 5) is 25.3. The molecule has 1 aliphatic rings. The predicted molar refractivity (Wildman–Crippen MR) is 106 cm³/mol. The number of nitriles is 1. The van der Waals surface area contributed by atoms with Crippen LogP contribution in [0.5, 0.6) is 0 Å². The van der Waals surface area contributed by atoms with E-state index in [9.17, 15) is 22.6 Å². The number of nitrogens with two attached hydrogens (primary N) is 1. The van der Waals surface area contributed by atoms with Crippen molar-refractivity contribution in [3.05, 3.63) is 57.1 Å². The summed E-state index contributed by atoms with van der Waals surface area (Å²) < 4.78 is 33.4. The topological polar surface area (TPSA) is 187 Å². The number of halogens is 1. The lowest BCUT2D eigenvalue weighted by molar-refractivity contribution is 0.0979. The Morgan fingerprint density at radius 3 is 2.24 bits per heavy atom. The van der Waals surface area contributed by atoms with Gasteiger partial charge >= 0.3 is 0 Å². The first-order chi connectivity index (χ1) is 13.6. The molecule has 29 heavy (non-hydrogen) atoms. The molecule has 0 aliphatic heterocycles. The van der Waals surface area contributed by atoms with Crippen molar-refractivity contribution in [2.75, 3.05) is 5.43 Å². The highest BCUT2D eigenvalue weighted by Crippen LogP contribution is 2.40. The lowest BCUT2D eigenvalue weighted by Crippen LogP contribution is -2.25. The Balaban J connectivity index is 2.38. The SMILES string of the molecule is N#C/C(=N\Nc1c(S(=O)(=O)O)cc(Br)c2c1C(=O)c1ccccc1C2=O)C(=N)N. The van der Waals surface area contributed by atoms with E-state index in [2.05, 4.69) is 26.5 Å². The maximum atomic E-state index is 13.1. The second-order valence-electron chi connectivity index (χ2n) is 5.76. The Morgan fingerprint density at radius 2 is 1.76 bits per heavy atom. The van der Waals surface area contributed by atoms with Gasteiger partial charge in [0, 0.05) is 15.6 Å². The number of nitrogens with zero attached hydrogens (tertiary/aromatic N) is 2. The normalized spacial score (nSPS) is 13.3. The molecule has 0 atom stereocenters. The zero-order chi connectivity index (χ0) is 21.5. The van der Waals surface area contributed by atoms with Crippen molar-refractivity contribution in [1.29, 1.82) is 10.7 Å². The van der Waals surface area contributed by atoms with Crippen LogP contribution < -0.4 is 11.2 Å². The number of carbonyl (C=O) groups is 2. The van der Waals surface area contributed by atoms with Crippen LogP contribution in [0.2, 0.25) is 0 Å². The van der Waals surface area contributed by atoms with Crippen LogP contribution >= 0.6 is 15.9 Å². The molecule has 0 amide bonds. The third-order valence-corrected chi connectivity index (χ3v) is 5.54. The molecule has 1 aliphatic carbocycles. The fourth-order valence-corrected chi connectivity index (χ4v) is 4.23. The number of carbonyl (C=O) groups excluding carboxylic acids is 2. The van der Waals surface area contributed by atoms with Gasteiger partial charge in [-0.15, -0.1) is 0 Å². The van der Waals surface area contributed by atoms with Crippen molar-refractivity contribution in [2.24, 2.45) is 10.8 Å². The summed E-state index contributed by atoms with van der Waals surface area (Å²) in [5.74, 6) is -1.96. The van der Waals surface area contributed by atoms with E-state index >= 15 is 0 Å². The maximum absolute atomic E-state index is 13.1. The van der Waals surface area contributed by atoms with Crippen molar-refractivity contribution in [2.45, 2.75) is 4.90 Å². The number of hydrazone groups is 1. The summed E-state index contributed by atoms with van der Waals surface area (Å²) in [5, 5.41) is 19.8. The van der Waals surface area contributed by atoms with E-state index in [1.165, 1.54) is 24.3 Å². The highest BCUT2D eigenvalue weighted by Gasteiger charge is 2.36. The summed E-state index contributed by atoms with van der Waals surface area (Å²) >= 11 is 3.08. The van der Waals surface area contributed by atoms with Gasteiger partial charge in [0.1, 0.15) is 11.0 Å². The Bertz CT molecular complexity index is 1290. The molecule has 146 valence electrons. The van der Waals surface area contributed by atoms with E-state index in [-0.39, 0.29) is 26.7 Å². The van der Waals surface area contributed by atoms with Gasteiger partial charge in [0.2, 0.25) is 5.71 Å². The van der Waals surface area contributed by atoms with Crippen molar-refractivity contribution < 1.29 is 22.6 Å². The number of hydrogen-bond donors (Lipinski definition) is 4. The quantitative estimate of drug-likeness (QED) is 0.190. The average molecular weight is 476 g/mol. The fraction of sp³-hybridized carbons (Fsp3) is 0.